The summed E-state index contributed by atoms with van der Waals surface area (Å²) in [5.74, 6) is -1.59. The number of nitrogens with one attached hydrogen (secondary N) is 1. The fourth-order valence-corrected chi connectivity index (χ4v) is 4.19. The van der Waals surface area contributed by atoms with Crippen LogP contribution >= 0.6 is 0 Å². The Labute approximate surface area is 195 Å². The number of anilines is 1. The highest BCUT2D eigenvalue weighted by atomic mass is 32.2. The molecule has 0 aliphatic heterocycles. The van der Waals surface area contributed by atoms with Crippen LogP contribution in [0.1, 0.15) is 38.8 Å². The van der Waals surface area contributed by atoms with Crippen LogP contribution in [0.4, 0.5) is 10.1 Å². The summed E-state index contributed by atoms with van der Waals surface area (Å²) >= 11 is 0. The summed E-state index contributed by atoms with van der Waals surface area (Å²) in [5.41, 5.74) is 1.45. The zero-order valence-corrected chi connectivity index (χ0v) is 20.7. The largest absolute Gasteiger partial charge is 0.357 e. The molecule has 0 aliphatic carbocycles. The number of halogens is 1. The Hall–Kier alpha value is -2.94. The van der Waals surface area contributed by atoms with E-state index in [-0.39, 0.29) is 17.5 Å². The molecule has 33 heavy (non-hydrogen) atoms. The first-order valence-electron chi connectivity index (χ1n) is 10.6. The van der Waals surface area contributed by atoms with Crippen molar-refractivity contribution < 1.29 is 22.4 Å². The molecule has 9 heteroatoms. The minimum absolute atomic E-state index is 0.121. The zero-order chi connectivity index (χ0) is 25.0. The standard InChI is InChI=1S/C24H32FN3O4S/c1-17(23(30)26-5)27(15-18-9-7-8-10-21(18)25)22(29)16-28(33(6,31)32)20-13-11-19(12-14-20)24(2,3)4/h7-14,17H,15-16H2,1-6H3,(H,26,30)/t17-/m1/s1. The molecule has 2 rings (SSSR count). The van der Waals surface area contributed by atoms with Crippen LogP contribution in [0.5, 0.6) is 0 Å². The van der Waals surface area contributed by atoms with Gasteiger partial charge in [0.2, 0.25) is 21.8 Å². The minimum atomic E-state index is -3.82. The summed E-state index contributed by atoms with van der Waals surface area (Å²) in [6.07, 6.45) is 1.02. The van der Waals surface area contributed by atoms with Crippen molar-refractivity contribution in [3.8, 4) is 0 Å². The Bertz CT molecular complexity index is 1100. The summed E-state index contributed by atoms with van der Waals surface area (Å²) in [7, 11) is -2.38. The predicted molar refractivity (Wildman–Crippen MR) is 128 cm³/mol. The average Bonchev–Trinajstić information content (AvgIpc) is 2.74. The number of likely N-dealkylation sites (N-methyl/N-ethyl adjacent to an activating group) is 1. The Kier molecular flexibility index (Phi) is 8.24. The third kappa shape index (κ3) is 6.77. The molecule has 0 aliphatic rings. The molecule has 0 heterocycles. The van der Waals surface area contributed by atoms with E-state index in [4.69, 9.17) is 0 Å². The summed E-state index contributed by atoms with van der Waals surface area (Å²) in [6, 6.07) is 12.0. The Morgan fingerprint density at radius 1 is 1.06 bits per heavy atom. The van der Waals surface area contributed by atoms with Crippen LogP contribution in [0.3, 0.4) is 0 Å². The van der Waals surface area contributed by atoms with Gasteiger partial charge in [-0.1, -0.05) is 51.1 Å². The van der Waals surface area contributed by atoms with Crippen LogP contribution < -0.4 is 9.62 Å². The highest BCUT2D eigenvalue weighted by Gasteiger charge is 2.30. The van der Waals surface area contributed by atoms with E-state index >= 15 is 0 Å². The van der Waals surface area contributed by atoms with E-state index in [1.807, 2.05) is 32.9 Å². The fraction of sp³-hybridized carbons (Fsp3) is 0.417. The number of hydrogen-bond donors (Lipinski definition) is 1. The summed E-state index contributed by atoms with van der Waals surface area (Å²) in [6.45, 7) is 6.94. The lowest BCUT2D eigenvalue weighted by molar-refractivity contribution is -0.139. The molecule has 2 aromatic carbocycles. The second-order valence-corrected chi connectivity index (χ2v) is 10.9. The monoisotopic (exact) mass is 477 g/mol. The van der Waals surface area contributed by atoms with Crippen LogP contribution in [0.15, 0.2) is 48.5 Å². The van der Waals surface area contributed by atoms with Gasteiger partial charge in [-0.05, 0) is 36.1 Å². The maximum Gasteiger partial charge on any atom is 0.244 e. The number of rotatable bonds is 8. The smallest absolute Gasteiger partial charge is 0.244 e. The molecule has 2 aromatic rings. The van der Waals surface area contributed by atoms with E-state index in [0.717, 1.165) is 16.1 Å². The van der Waals surface area contributed by atoms with Gasteiger partial charge in [-0.2, -0.15) is 0 Å². The van der Waals surface area contributed by atoms with E-state index in [1.165, 1.54) is 37.1 Å². The number of amides is 2. The van der Waals surface area contributed by atoms with E-state index in [1.54, 1.807) is 18.2 Å². The first-order valence-corrected chi connectivity index (χ1v) is 12.4. The molecule has 0 unspecified atom stereocenters. The van der Waals surface area contributed by atoms with Crippen molar-refractivity contribution in [1.82, 2.24) is 10.2 Å². The number of nitrogens with zero attached hydrogens (tertiary/aromatic N) is 2. The van der Waals surface area contributed by atoms with E-state index in [2.05, 4.69) is 5.32 Å². The van der Waals surface area contributed by atoms with Gasteiger partial charge in [0, 0.05) is 19.2 Å². The third-order valence-electron chi connectivity index (χ3n) is 5.41. The molecule has 0 saturated heterocycles. The highest BCUT2D eigenvalue weighted by molar-refractivity contribution is 7.92. The molecule has 0 radical (unpaired) electrons. The maximum absolute atomic E-state index is 14.3. The molecule has 1 N–H and O–H groups in total. The Balaban J connectivity index is 2.40. The second-order valence-electron chi connectivity index (χ2n) is 8.97. The lowest BCUT2D eigenvalue weighted by atomic mass is 9.87. The van der Waals surface area contributed by atoms with Gasteiger partial charge >= 0.3 is 0 Å². The topological polar surface area (TPSA) is 86.8 Å². The molecular weight excluding hydrogens is 445 g/mol. The Morgan fingerprint density at radius 3 is 2.12 bits per heavy atom. The van der Waals surface area contributed by atoms with Gasteiger partial charge in [0.25, 0.3) is 0 Å². The van der Waals surface area contributed by atoms with Gasteiger partial charge in [-0.3, -0.25) is 13.9 Å². The highest BCUT2D eigenvalue weighted by Crippen LogP contribution is 2.26. The summed E-state index contributed by atoms with van der Waals surface area (Å²) in [4.78, 5) is 26.8. The van der Waals surface area contributed by atoms with Crippen LogP contribution in [0.2, 0.25) is 0 Å². The summed E-state index contributed by atoms with van der Waals surface area (Å²) in [5, 5.41) is 2.48. The van der Waals surface area contributed by atoms with Crippen molar-refractivity contribution in [1.29, 1.82) is 0 Å². The minimum Gasteiger partial charge on any atom is -0.357 e. The molecule has 2 amide bonds. The van der Waals surface area contributed by atoms with Crippen molar-refractivity contribution in [2.24, 2.45) is 0 Å². The average molecular weight is 478 g/mol. The first-order chi connectivity index (χ1) is 15.3. The van der Waals surface area contributed by atoms with Crippen LogP contribution in [0, 0.1) is 5.82 Å². The Morgan fingerprint density at radius 2 is 1.64 bits per heavy atom. The van der Waals surface area contributed by atoms with Gasteiger partial charge < -0.3 is 10.2 Å². The maximum atomic E-state index is 14.3. The van der Waals surface area contributed by atoms with Crippen molar-refractivity contribution in [3.63, 3.8) is 0 Å². The van der Waals surface area contributed by atoms with Crippen LogP contribution in [-0.2, 0) is 31.6 Å². The van der Waals surface area contributed by atoms with Crippen molar-refractivity contribution in [3.05, 3.63) is 65.5 Å². The van der Waals surface area contributed by atoms with E-state index < -0.39 is 40.2 Å². The van der Waals surface area contributed by atoms with E-state index in [0.29, 0.717) is 5.69 Å². The fourth-order valence-electron chi connectivity index (χ4n) is 3.34. The molecule has 0 fully saturated rings. The number of carbonyl (C=O) groups excluding carboxylic acids is 2. The zero-order valence-electron chi connectivity index (χ0n) is 19.9. The van der Waals surface area contributed by atoms with E-state index in [9.17, 15) is 22.4 Å². The number of hydrogen-bond acceptors (Lipinski definition) is 4. The number of sulfonamides is 1. The molecule has 1 atom stereocenters. The molecule has 0 bridgehead atoms. The normalized spacial score (nSPS) is 12.7. The van der Waals surface area contributed by atoms with Gasteiger partial charge in [-0.15, -0.1) is 0 Å². The van der Waals surface area contributed by atoms with Gasteiger partial charge in [-0.25, -0.2) is 12.8 Å². The molecule has 0 aromatic heterocycles. The number of carbonyl (C=O) groups is 2. The molecule has 180 valence electrons. The number of benzene rings is 2. The summed E-state index contributed by atoms with van der Waals surface area (Å²) < 4.78 is 40.4. The first kappa shape index (κ1) is 26.3. The lowest BCUT2D eigenvalue weighted by Crippen LogP contribution is -2.50. The molecule has 0 saturated carbocycles. The second kappa shape index (κ2) is 10.3. The molecular formula is C24H32FN3O4S. The predicted octanol–water partition coefficient (Wildman–Crippen LogP) is 3.05. The van der Waals surface area contributed by atoms with Gasteiger partial charge in [0.05, 0.1) is 11.9 Å². The van der Waals surface area contributed by atoms with Gasteiger partial charge in [0.1, 0.15) is 18.4 Å². The third-order valence-corrected chi connectivity index (χ3v) is 6.55. The molecule has 7 nitrogen and oxygen atoms in total. The molecule has 0 spiro atoms. The van der Waals surface area contributed by atoms with Crippen LogP contribution in [-0.4, -0.2) is 51.0 Å². The van der Waals surface area contributed by atoms with Crippen molar-refractivity contribution in [2.45, 2.75) is 45.7 Å². The SMILES string of the molecule is CNC(=O)[C@@H](C)N(Cc1ccccc1F)C(=O)CN(c1ccc(C(C)(C)C)cc1)S(C)(=O)=O. The van der Waals surface area contributed by atoms with Crippen molar-refractivity contribution in [2.75, 3.05) is 24.2 Å². The van der Waals surface area contributed by atoms with Crippen molar-refractivity contribution >= 4 is 27.5 Å². The lowest BCUT2D eigenvalue weighted by Gasteiger charge is -2.31. The van der Waals surface area contributed by atoms with Gasteiger partial charge in [0.15, 0.2) is 0 Å². The quantitative estimate of drug-likeness (QED) is 0.633. The van der Waals surface area contributed by atoms with Crippen LogP contribution in [0.25, 0.3) is 0 Å².